The van der Waals surface area contributed by atoms with Gasteiger partial charge in [0, 0.05) is 18.3 Å². The molecular formula is C13H17ClN4OS. The number of fused-ring (bicyclic) bond motifs is 1. The van der Waals surface area contributed by atoms with E-state index in [2.05, 4.69) is 19.5 Å². The molecule has 1 fully saturated rings. The van der Waals surface area contributed by atoms with E-state index in [0.29, 0.717) is 17.8 Å². The Kier molecular flexibility index (Phi) is 4.31. The molecule has 7 heteroatoms. The van der Waals surface area contributed by atoms with Crippen molar-refractivity contribution < 1.29 is 4.74 Å². The number of imidazole rings is 1. The second-order valence-corrected chi connectivity index (χ2v) is 6.34. The van der Waals surface area contributed by atoms with Gasteiger partial charge in [-0.3, -0.25) is 0 Å². The lowest BCUT2D eigenvalue weighted by Gasteiger charge is -2.24. The van der Waals surface area contributed by atoms with E-state index in [1.54, 1.807) is 13.4 Å². The molecule has 0 saturated carbocycles. The molecule has 0 N–H and O–H groups in total. The first-order valence-corrected chi connectivity index (χ1v) is 8.43. The first-order valence-electron chi connectivity index (χ1n) is 6.74. The third kappa shape index (κ3) is 2.46. The third-order valence-electron chi connectivity index (χ3n) is 3.58. The van der Waals surface area contributed by atoms with Crippen molar-refractivity contribution in [2.24, 2.45) is 0 Å². The second-order valence-electron chi connectivity index (χ2n) is 4.74. The number of halogens is 1. The Balaban J connectivity index is 2.13. The maximum Gasteiger partial charge on any atom is 0.245 e. The maximum absolute atomic E-state index is 5.92. The number of hydrogen-bond donors (Lipinski definition) is 0. The van der Waals surface area contributed by atoms with Gasteiger partial charge in [-0.25, -0.2) is 9.97 Å². The van der Waals surface area contributed by atoms with Crippen LogP contribution in [-0.4, -0.2) is 44.0 Å². The van der Waals surface area contributed by atoms with Crippen LogP contribution in [0, 0.1) is 0 Å². The topological polar surface area (TPSA) is 52.8 Å². The number of ether oxygens (including phenoxy) is 1. The fourth-order valence-corrected chi connectivity index (χ4v) is 3.92. The molecule has 5 nitrogen and oxygen atoms in total. The first kappa shape index (κ1) is 13.9. The zero-order valence-corrected chi connectivity index (χ0v) is 13.0. The SMILES string of the molecule is COc1ncnc2c1nc(CCCl)n2C1CCSCC1. The van der Waals surface area contributed by atoms with Gasteiger partial charge in [-0.15, -0.1) is 11.6 Å². The van der Waals surface area contributed by atoms with Gasteiger partial charge in [0.15, 0.2) is 11.2 Å². The Hall–Kier alpha value is -1.01. The summed E-state index contributed by atoms with van der Waals surface area (Å²) in [5.74, 6) is 4.46. The molecule has 3 rings (SSSR count). The highest BCUT2D eigenvalue weighted by atomic mass is 35.5. The van der Waals surface area contributed by atoms with E-state index < -0.39 is 0 Å². The molecule has 1 saturated heterocycles. The quantitative estimate of drug-likeness (QED) is 0.812. The summed E-state index contributed by atoms with van der Waals surface area (Å²) in [6.45, 7) is 0. The summed E-state index contributed by atoms with van der Waals surface area (Å²) in [6.07, 6.45) is 4.58. The van der Waals surface area contributed by atoms with Gasteiger partial charge in [0.1, 0.15) is 12.2 Å². The molecule has 0 atom stereocenters. The van der Waals surface area contributed by atoms with E-state index in [0.717, 1.165) is 36.3 Å². The number of methoxy groups -OCH3 is 1. The van der Waals surface area contributed by atoms with Crippen LogP contribution in [0.1, 0.15) is 24.7 Å². The predicted octanol–water partition coefficient (Wildman–Crippen LogP) is 2.68. The normalized spacial score (nSPS) is 16.7. The van der Waals surface area contributed by atoms with E-state index in [1.807, 2.05) is 11.8 Å². The fourth-order valence-electron chi connectivity index (χ4n) is 2.67. The summed E-state index contributed by atoms with van der Waals surface area (Å²) < 4.78 is 7.55. The van der Waals surface area contributed by atoms with Crippen molar-refractivity contribution in [2.75, 3.05) is 24.5 Å². The molecule has 0 bridgehead atoms. The monoisotopic (exact) mass is 312 g/mol. The van der Waals surface area contributed by atoms with Crippen molar-refractivity contribution in [3.8, 4) is 5.88 Å². The van der Waals surface area contributed by atoms with Gasteiger partial charge in [0.25, 0.3) is 0 Å². The van der Waals surface area contributed by atoms with Crippen LogP contribution in [0.4, 0.5) is 0 Å². The Morgan fingerprint density at radius 1 is 1.40 bits per heavy atom. The molecule has 1 aliphatic rings. The number of rotatable bonds is 4. The molecular weight excluding hydrogens is 296 g/mol. The Morgan fingerprint density at radius 2 is 2.20 bits per heavy atom. The van der Waals surface area contributed by atoms with E-state index >= 15 is 0 Å². The van der Waals surface area contributed by atoms with Crippen LogP contribution < -0.4 is 4.74 Å². The molecule has 3 heterocycles. The van der Waals surface area contributed by atoms with Gasteiger partial charge in [0.2, 0.25) is 5.88 Å². The number of aromatic nitrogens is 4. The summed E-state index contributed by atoms with van der Waals surface area (Å²) in [5, 5.41) is 0. The zero-order valence-electron chi connectivity index (χ0n) is 11.4. The van der Waals surface area contributed by atoms with Gasteiger partial charge in [0.05, 0.1) is 7.11 Å². The largest absolute Gasteiger partial charge is 0.479 e. The van der Waals surface area contributed by atoms with Crippen LogP contribution in [-0.2, 0) is 6.42 Å². The molecule has 0 amide bonds. The molecule has 0 radical (unpaired) electrons. The molecule has 2 aromatic rings. The van der Waals surface area contributed by atoms with Crippen molar-refractivity contribution in [3.05, 3.63) is 12.2 Å². The number of nitrogens with zero attached hydrogens (tertiary/aromatic N) is 4. The van der Waals surface area contributed by atoms with E-state index in [1.165, 1.54) is 11.5 Å². The Labute approximate surface area is 127 Å². The van der Waals surface area contributed by atoms with Crippen LogP contribution >= 0.6 is 23.4 Å². The summed E-state index contributed by atoms with van der Waals surface area (Å²) in [4.78, 5) is 13.2. The highest BCUT2D eigenvalue weighted by Crippen LogP contribution is 2.32. The van der Waals surface area contributed by atoms with Crippen molar-refractivity contribution in [2.45, 2.75) is 25.3 Å². The van der Waals surface area contributed by atoms with E-state index in [9.17, 15) is 0 Å². The lowest BCUT2D eigenvalue weighted by molar-refractivity contribution is 0.401. The second kappa shape index (κ2) is 6.18. The van der Waals surface area contributed by atoms with Gasteiger partial charge in [-0.1, -0.05) is 0 Å². The van der Waals surface area contributed by atoms with Gasteiger partial charge < -0.3 is 9.30 Å². The number of aryl methyl sites for hydroxylation is 1. The van der Waals surface area contributed by atoms with Crippen LogP contribution in [0.25, 0.3) is 11.2 Å². The van der Waals surface area contributed by atoms with E-state index in [-0.39, 0.29) is 0 Å². The van der Waals surface area contributed by atoms with Gasteiger partial charge in [-0.05, 0) is 24.3 Å². The summed E-state index contributed by atoms with van der Waals surface area (Å²) in [6, 6.07) is 0.457. The molecule has 108 valence electrons. The van der Waals surface area contributed by atoms with Crippen molar-refractivity contribution in [1.29, 1.82) is 0 Å². The predicted molar refractivity (Wildman–Crippen MR) is 81.9 cm³/mol. The number of alkyl halides is 1. The standard InChI is InChI=1S/C13H17ClN4OS/c1-19-13-11-12(15-8-16-13)18(10(17-11)2-5-14)9-3-6-20-7-4-9/h8-9H,2-7H2,1H3. The Bertz CT molecular complexity index is 597. The number of thioether (sulfide) groups is 1. The smallest absolute Gasteiger partial charge is 0.245 e. The lowest BCUT2D eigenvalue weighted by atomic mass is 10.1. The highest BCUT2D eigenvalue weighted by molar-refractivity contribution is 7.99. The minimum absolute atomic E-state index is 0.457. The van der Waals surface area contributed by atoms with E-state index in [4.69, 9.17) is 16.3 Å². The molecule has 2 aromatic heterocycles. The van der Waals surface area contributed by atoms with Crippen LogP contribution in [0.2, 0.25) is 0 Å². The van der Waals surface area contributed by atoms with Gasteiger partial charge >= 0.3 is 0 Å². The minimum Gasteiger partial charge on any atom is -0.479 e. The third-order valence-corrected chi connectivity index (χ3v) is 4.82. The Morgan fingerprint density at radius 3 is 2.90 bits per heavy atom. The zero-order chi connectivity index (χ0) is 13.9. The first-order chi connectivity index (χ1) is 9.85. The summed E-state index contributed by atoms with van der Waals surface area (Å²) in [5.41, 5.74) is 1.61. The van der Waals surface area contributed by atoms with Crippen LogP contribution in [0.3, 0.4) is 0 Å². The van der Waals surface area contributed by atoms with Crippen LogP contribution in [0.15, 0.2) is 6.33 Å². The number of hydrogen-bond acceptors (Lipinski definition) is 5. The molecule has 20 heavy (non-hydrogen) atoms. The lowest BCUT2D eigenvalue weighted by Crippen LogP contribution is -2.18. The average Bonchev–Trinajstić information content (AvgIpc) is 2.86. The molecule has 0 aliphatic carbocycles. The van der Waals surface area contributed by atoms with Crippen molar-refractivity contribution in [1.82, 2.24) is 19.5 Å². The molecule has 0 aromatic carbocycles. The minimum atomic E-state index is 0.457. The molecule has 0 spiro atoms. The fraction of sp³-hybridized carbons (Fsp3) is 0.615. The molecule has 1 aliphatic heterocycles. The average molecular weight is 313 g/mol. The van der Waals surface area contributed by atoms with Gasteiger partial charge in [-0.2, -0.15) is 16.7 Å². The maximum atomic E-state index is 5.92. The summed E-state index contributed by atoms with van der Waals surface area (Å²) in [7, 11) is 1.61. The highest BCUT2D eigenvalue weighted by Gasteiger charge is 2.23. The van der Waals surface area contributed by atoms with Crippen LogP contribution in [0.5, 0.6) is 5.88 Å². The van der Waals surface area contributed by atoms with Crippen molar-refractivity contribution >= 4 is 34.5 Å². The van der Waals surface area contributed by atoms with Crippen molar-refractivity contribution in [3.63, 3.8) is 0 Å². The molecule has 0 unspecified atom stereocenters. The summed E-state index contributed by atoms with van der Waals surface area (Å²) >= 11 is 7.93.